The number of halogens is 1. The van der Waals surface area contributed by atoms with E-state index in [1.54, 1.807) is 0 Å². The van der Waals surface area contributed by atoms with Crippen LogP contribution in [-0.2, 0) is 10.8 Å². The highest BCUT2D eigenvalue weighted by atomic mass is 79.9. The molecule has 0 spiro atoms. The predicted octanol–water partition coefficient (Wildman–Crippen LogP) is 6.44. The number of benzene rings is 3. The lowest BCUT2D eigenvalue weighted by molar-refractivity contribution is 0.292. The minimum absolute atomic E-state index is 0.0152. The second kappa shape index (κ2) is 9.15. The van der Waals surface area contributed by atoms with Crippen molar-refractivity contribution in [3.8, 4) is 0 Å². The van der Waals surface area contributed by atoms with Crippen LogP contribution in [0.2, 0.25) is 5.04 Å². The molecule has 4 rings (SSSR count). The molecule has 4 heteroatoms. The Morgan fingerprint density at radius 1 is 0.871 bits per heavy atom. The van der Waals surface area contributed by atoms with Crippen molar-refractivity contribution in [3.63, 3.8) is 0 Å². The first-order valence-corrected chi connectivity index (χ1v) is 13.6. The van der Waals surface area contributed by atoms with E-state index in [1.165, 1.54) is 26.8 Å². The van der Waals surface area contributed by atoms with Gasteiger partial charge in [0, 0.05) is 28.2 Å². The van der Waals surface area contributed by atoms with Crippen LogP contribution in [0.1, 0.15) is 32.8 Å². The number of rotatable bonds is 7. The van der Waals surface area contributed by atoms with Crippen LogP contribution >= 0.6 is 15.9 Å². The van der Waals surface area contributed by atoms with Gasteiger partial charge in [-0.3, -0.25) is 0 Å². The molecule has 0 amide bonds. The molecule has 0 bridgehead atoms. The number of aromatic amines is 1. The molecular formula is C27H30BrNOSi. The van der Waals surface area contributed by atoms with Gasteiger partial charge in [-0.1, -0.05) is 97.4 Å². The van der Waals surface area contributed by atoms with Crippen molar-refractivity contribution in [2.45, 2.75) is 38.7 Å². The molecule has 0 aliphatic carbocycles. The van der Waals surface area contributed by atoms with Crippen LogP contribution in [0.15, 0.2) is 89.5 Å². The van der Waals surface area contributed by atoms with E-state index in [4.69, 9.17) is 4.43 Å². The summed E-state index contributed by atoms with van der Waals surface area (Å²) < 4.78 is 8.14. The molecule has 1 aromatic heterocycles. The monoisotopic (exact) mass is 491 g/mol. The van der Waals surface area contributed by atoms with Crippen LogP contribution in [0, 0.1) is 0 Å². The molecule has 0 unspecified atom stereocenters. The van der Waals surface area contributed by atoms with Gasteiger partial charge >= 0.3 is 0 Å². The molecule has 0 saturated carbocycles. The van der Waals surface area contributed by atoms with E-state index in [0.717, 1.165) is 23.9 Å². The first-order valence-electron chi connectivity index (χ1n) is 10.9. The van der Waals surface area contributed by atoms with Gasteiger partial charge in [0.1, 0.15) is 0 Å². The number of hydrogen-bond acceptors (Lipinski definition) is 1. The molecule has 0 atom stereocenters. The number of fused-ring (bicyclic) bond motifs is 1. The van der Waals surface area contributed by atoms with E-state index in [2.05, 4.69) is 127 Å². The van der Waals surface area contributed by atoms with Gasteiger partial charge in [0.05, 0.1) is 0 Å². The van der Waals surface area contributed by atoms with E-state index in [-0.39, 0.29) is 5.04 Å². The van der Waals surface area contributed by atoms with Gasteiger partial charge in [0.15, 0.2) is 0 Å². The van der Waals surface area contributed by atoms with Gasteiger partial charge in [-0.25, -0.2) is 0 Å². The molecular weight excluding hydrogens is 462 g/mol. The summed E-state index contributed by atoms with van der Waals surface area (Å²) in [6, 6.07) is 28.1. The minimum atomic E-state index is -2.45. The fraction of sp³-hybridized carbons (Fsp3) is 0.259. The molecule has 4 aromatic rings. The van der Waals surface area contributed by atoms with Crippen molar-refractivity contribution in [3.05, 3.63) is 95.1 Å². The number of aromatic nitrogens is 1. The summed E-state index contributed by atoms with van der Waals surface area (Å²) in [5.41, 5.74) is 2.54. The molecule has 0 aliphatic rings. The van der Waals surface area contributed by atoms with Crippen molar-refractivity contribution < 1.29 is 4.43 Å². The second-order valence-corrected chi connectivity index (χ2v) is 14.3. The van der Waals surface area contributed by atoms with Crippen LogP contribution in [0.5, 0.6) is 0 Å². The molecule has 0 saturated heterocycles. The standard InChI is InChI=1S/C27H30BrNOSi/c1-27(2,3)31(23-12-6-4-7-13-23,24-14-8-5-9-15-24)30-18-10-11-21-20-29-26-17-16-22(28)19-25(21)26/h4-9,12-17,19-20,29H,10-11,18H2,1-3H3. The summed E-state index contributed by atoms with van der Waals surface area (Å²) in [4.78, 5) is 3.40. The van der Waals surface area contributed by atoms with E-state index in [9.17, 15) is 0 Å². The summed E-state index contributed by atoms with van der Waals surface area (Å²) in [6.45, 7) is 7.73. The number of hydrogen-bond donors (Lipinski definition) is 1. The van der Waals surface area contributed by atoms with Crippen molar-refractivity contribution >= 4 is 45.5 Å². The second-order valence-electron chi connectivity index (χ2n) is 9.12. The van der Waals surface area contributed by atoms with Crippen molar-refractivity contribution in [2.75, 3.05) is 6.61 Å². The molecule has 160 valence electrons. The van der Waals surface area contributed by atoms with Crippen molar-refractivity contribution in [1.29, 1.82) is 0 Å². The van der Waals surface area contributed by atoms with Crippen LogP contribution in [-0.4, -0.2) is 19.9 Å². The first-order chi connectivity index (χ1) is 14.9. The van der Waals surface area contributed by atoms with E-state index in [1.807, 2.05) is 0 Å². The van der Waals surface area contributed by atoms with Gasteiger partial charge in [-0.2, -0.15) is 0 Å². The van der Waals surface area contributed by atoms with Gasteiger partial charge < -0.3 is 9.41 Å². The smallest absolute Gasteiger partial charge is 0.261 e. The Bertz CT molecular complexity index is 1090. The Balaban J connectivity index is 1.60. The summed E-state index contributed by atoms with van der Waals surface area (Å²) in [7, 11) is -2.45. The lowest BCUT2D eigenvalue weighted by atomic mass is 10.1. The molecule has 3 aromatic carbocycles. The fourth-order valence-corrected chi connectivity index (χ4v) is 9.57. The zero-order valence-corrected chi connectivity index (χ0v) is 21.1. The molecule has 31 heavy (non-hydrogen) atoms. The highest BCUT2D eigenvalue weighted by Crippen LogP contribution is 2.37. The average molecular weight is 493 g/mol. The maximum absolute atomic E-state index is 7.02. The van der Waals surface area contributed by atoms with Crippen molar-refractivity contribution in [1.82, 2.24) is 4.98 Å². The quantitative estimate of drug-likeness (QED) is 0.233. The summed E-state index contributed by atoms with van der Waals surface area (Å²) in [5.74, 6) is 0. The zero-order valence-electron chi connectivity index (χ0n) is 18.5. The van der Waals surface area contributed by atoms with E-state index in [0.29, 0.717) is 0 Å². The third kappa shape index (κ3) is 4.43. The lowest BCUT2D eigenvalue weighted by Gasteiger charge is -2.43. The average Bonchev–Trinajstić information content (AvgIpc) is 3.16. The molecule has 2 nitrogen and oxygen atoms in total. The maximum atomic E-state index is 7.02. The first kappa shape index (κ1) is 22.1. The minimum Gasteiger partial charge on any atom is -0.407 e. The van der Waals surface area contributed by atoms with E-state index < -0.39 is 8.32 Å². The van der Waals surface area contributed by atoms with Gasteiger partial charge in [-0.15, -0.1) is 0 Å². The molecule has 0 aliphatic heterocycles. The van der Waals surface area contributed by atoms with Gasteiger partial charge in [-0.05, 0) is 52.0 Å². The van der Waals surface area contributed by atoms with Crippen LogP contribution < -0.4 is 10.4 Å². The Morgan fingerprint density at radius 2 is 1.48 bits per heavy atom. The third-order valence-corrected chi connectivity index (χ3v) is 11.6. The van der Waals surface area contributed by atoms with Crippen molar-refractivity contribution in [2.24, 2.45) is 0 Å². The van der Waals surface area contributed by atoms with Crippen LogP contribution in [0.25, 0.3) is 10.9 Å². The number of nitrogens with one attached hydrogen (secondary N) is 1. The SMILES string of the molecule is CC(C)(C)[Si](OCCCc1c[nH]c2ccc(Br)cc12)(c1ccccc1)c1ccccc1. The summed E-state index contributed by atoms with van der Waals surface area (Å²) >= 11 is 3.60. The Kier molecular flexibility index (Phi) is 6.51. The predicted molar refractivity (Wildman–Crippen MR) is 138 cm³/mol. The van der Waals surface area contributed by atoms with Gasteiger partial charge in [0.25, 0.3) is 8.32 Å². The Labute approximate surface area is 194 Å². The highest BCUT2D eigenvalue weighted by molar-refractivity contribution is 9.10. The van der Waals surface area contributed by atoms with E-state index >= 15 is 0 Å². The molecule has 0 fully saturated rings. The largest absolute Gasteiger partial charge is 0.407 e. The maximum Gasteiger partial charge on any atom is 0.261 e. The topological polar surface area (TPSA) is 25.0 Å². The summed E-state index contributed by atoms with van der Waals surface area (Å²) in [6.07, 6.45) is 4.12. The lowest BCUT2D eigenvalue weighted by Crippen LogP contribution is -2.66. The zero-order chi connectivity index (χ0) is 21.9. The highest BCUT2D eigenvalue weighted by Gasteiger charge is 2.49. The van der Waals surface area contributed by atoms with Gasteiger partial charge in [0.2, 0.25) is 0 Å². The normalized spacial score (nSPS) is 12.4. The number of H-pyrrole nitrogens is 1. The molecule has 1 heterocycles. The number of aryl methyl sites for hydroxylation is 1. The summed E-state index contributed by atoms with van der Waals surface area (Å²) in [5, 5.41) is 3.98. The Hall–Kier alpha value is -2.14. The third-order valence-electron chi connectivity index (χ3n) is 6.06. The molecule has 0 radical (unpaired) electrons. The fourth-order valence-electron chi connectivity index (χ4n) is 4.61. The molecule has 1 N–H and O–H groups in total. The Morgan fingerprint density at radius 3 is 2.06 bits per heavy atom. The van der Waals surface area contributed by atoms with Crippen LogP contribution in [0.3, 0.4) is 0 Å². The van der Waals surface area contributed by atoms with Crippen LogP contribution in [0.4, 0.5) is 0 Å².